The van der Waals surface area contributed by atoms with Crippen molar-refractivity contribution in [3.8, 4) is 0 Å². The van der Waals surface area contributed by atoms with E-state index in [9.17, 15) is 14.4 Å². The molecule has 1 aliphatic carbocycles. The monoisotopic (exact) mass is 371 g/mol. The van der Waals surface area contributed by atoms with Crippen LogP contribution in [0.25, 0.3) is 0 Å². The summed E-state index contributed by atoms with van der Waals surface area (Å²) < 4.78 is 5.58. The van der Waals surface area contributed by atoms with Crippen LogP contribution >= 0.6 is 0 Å². The van der Waals surface area contributed by atoms with Gasteiger partial charge in [-0.3, -0.25) is 14.5 Å². The summed E-state index contributed by atoms with van der Waals surface area (Å²) in [5, 5.41) is 5.57. The lowest BCUT2D eigenvalue weighted by Gasteiger charge is -2.11. The molecule has 2 fully saturated rings. The summed E-state index contributed by atoms with van der Waals surface area (Å²) in [4.78, 5) is 38.2. The Bertz CT molecular complexity index is 754. The Morgan fingerprint density at radius 2 is 1.93 bits per heavy atom. The second-order valence-corrected chi connectivity index (χ2v) is 7.48. The Labute approximate surface area is 158 Å². The van der Waals surface area contributed by atoms with Crippen molar-refractivity contribution in [3.63, 3.8) is 0 Å². The molecule has 1 saturated heterocycles. The van der Waals surface area contributed by atoms with Gasteiger partial charge in [-0.15, -0.1) is 0 Å². The number of nitrogens with one attached hydrogen (secondary N) is 2. The van der Waals surface area contributed by atoms with Crippen molar-refractivity contribution in [1.82, 2.24) is 10.2 Å². The van der Waals surface area contributed by atoms with Crippen LogP contribution in [-0.2, 0) is 4.74 Å². The van der Waals surface area contributed by atoms with E-state index in [-0.39, 0.29) is 23.9 Å². The van der Waals surface area contributed by atoms with Crippen molar-refractivity contribution in [2.24, 2.45) is 0 Å². The van der Waals surface area contributed by atoms with Gasteiger partial charge in [0.1, 0.15) is 0 Å². The van der Waals surface area contributed by atoms with Gasteiger partial charge in [-0.05, 0) is 63.1 Å². The molecule has 7 heteroatoms. The fraction of sp³-hybridized carbons (Fsp3) is 0.550. The second-order valence-electron chi connectivity index (χ2n) is 7.48. The van der Waals surface area contributed by atoms with E-state index in [1.165, 1.54) is 4.90 Å². The minimum atomic E-state index is -0.303. The van der Waals surface area contributed by atoms with E-state index in [0.717, 1.165) is 51.6 Å². The third kappa shape index (κ3) is 3.98. The van der Waals surface area contributed by atoms with E-state index in [4.69, 9.17) is 4.74 Å². The molecule has 0 bridgehead atoms. The van der Waals surface area contributed by atoms with Gasteiger partial charge in [-0.25, -0.2) is 4.79 Å². The normalized spacial score (nSPS) is 21.5. The van der Waals surface area contributed by atoms with E-state index < -0.39 is 0 Å². The maximum atomic E-state index is 12.4. The highest BCUT2D eigenvalue weighted by Gasteiger charge is 2.44. The lowest BCUT2D eigenvalue weighted by molar-refractivity contribution is 0.0642. The number of carbonyl (C=O) groups excluding carboxylic acids is 3. The van der Waals surface area contributed by atoms with Crippen molar-refractivity contribution in [3.05, 3.63) is 29.3 Å². The average molecular weight is 371 g/mol. The van der Waals surface area contributed by atoms with Crippen LogP contribution in [0.3, 0.4) is 0 Å². The number of unbranched alkanes of at least 4 members (excludes halogenated alkanes) is 1. The highest BCUT2D eigenvalue weighted by molar-refractivity contribution is 6.22. The van der Waals surface area contributed by atoms with Crippen LogP contribution in [-0.4, -0.2) is 48.0 Å². The molecule has 4 amide bonds. The fourth-order valence-corrected chi connectivity index (χ4v) is 3.75. The molecular formula is C20H25N3O4. The first-order valence-electron chi connectivity index (χ1n) is 9.82. The van der Waals surface area contributed by atoms with Crippen LogP contribution in [0.15, 0.2) is 18.2 Å². The molecule has 1 saturated carbocycles. The van der Waals surface area contributed by atoms with Gasteiger partial charge in [0.2, 0.25) is 0 Å². The molecule has 2 aliphatic heterocycles. The smallest absolute Gasteiger partial charge is 0.319 e. The number of anilines is 1. The molecule has 7 nitrogen and oxygen atoms in total. The van der Waals surface area contributed by atoms with E-state index in [0.29, 0.717) is 29.5 Å². The van der Waals surface area contributed by atoms with Crippen LogP contribution in [0.1, 0.15) is 65.7 Å². The zero-order valence-electron chi connectivity index (χ0n) is 15.3. The topological polar surface area (TPSA) is 87.7 Å². The molecule has 1 aromatic rings. The number of hydrogen-bond donors (Lipinski definition) is 2. The summed E-state index contributed by atoms with van der Waals surface area (Å²) in [5.74, 6) is -0.476. The Hall–Kier alpha value is -2.41. The molecule has 1 unspecified atom stereocenters. The number of rotatable bonds is 7. The summed E-state index contributed by atoms with van der Waals surface area (Å²) >= 11 is 0. The second kappa shape index (κ2) is 7.68. The first-order chi connectivity index (χ1) is 13.1. The minimum Gasteiger partial charge on any atom is -0.378 e. The minimum absolute atomic E-state index is 0.0479. The van der Waals surface area contributed by atoms with Crippen LogP contribution in [0.5, 0.6) is 0 Å². The van der Waals surface area contributed by atoms with E-state index in [1.54, 1.807) is 18.2 Å². The number of urea groups is 1. The average Bonchev–Trinajstić information content (AvgIpc) is 3.28. The number of fused-ring (bicyclic) bond motifs is 1. The summed E-state index contributed by atoms with van der Waals surface area (Å²) in [5.41, 5.74) is 1.32. The lowest BCUT2D eigenvalue weighted by Crippen LogP contribution is -2.31. The molecule has 2 heterocycles. The third-order valence-electron chi connectivity index (χ3n) is 5.35. The number of imide groups is 1. The highest BCUT2D eigenvalue weighted by atomic mass is 16.5. The Morgan fingerprint density at radius 1 is 1.11 bits per heavy atom. The van der Waals surface area contributed by atoms with Crippen molar-refractivity contribution in [2.45, 2.75) is 57.1 Å². The maximum absolute atomic E-state index is 12.4. The first-order valence-corrected chi connectivity index (χ1v) is 9.82. The number of ether oxygens (including phenoxy) is 1. The maximum Gasteiger partial charge on any atom is 0.319 e. The predicted octanol–water partition coefficient (Wildman–Crippen LogP) is 2.92. The Balaban J connectivity index is 1.24. The van der Waals surface area contributed by atoms with Crippen molar-refractivity contribution >= 4 is 23.5 Å². The number of amides is 4. The van der Waals surface area contributed by atoms with E-state index in [1.807, 2.05) is 0 Å². The van der Waals surface area contributed by atoms with Gasteiger partial charge < -0.3 is 15.4 Å². The lowest BCUT2D eigenvalue weighted by atomic mass is 10.1. The molecule has 144 valence electrons. The molecular weight excluding hydrogens is 346 g/mol. The van der Waals surface area contributed by atoms with Gasteiger partial charge in [0.25, 0.3) is 11.8 Å². The molecule has 0 radical (unpaired) electrons. The van der Waals surface area contributed by atoms with Crippen molar-refractivity contribution < 1.29 is 19.1 Å². The predicted molar refractivity (Wildman–Crippen MR) is 99.8 cm³/mol. The molecule has 1 atom stereocenters. The SMILES string of the molecule is O=C(NCCCCC1CCCO1)Nc1ccc2c(c1)C(=O)N(C1CC1)C2=O. The Morgan fingerprint density at radius 3 is 2.67 bits per heavy atom. The quantitative estimate of drug-likeness (QED) is 0.570. The number of nitrogens with zero attached hydrogens (tertiary/aromatic N) is 1. The van der Waals surface area contributed by atoms with Gasteiger partial charge >= 0.3 is 6.03 Å². The molecule has 4 rings (SSSR count). The number of benzene rings is 1. The molecule has 0 aromatic heterocycles. The Kier molecular flexibility index (Phi) is 5.11. The van der Waals surface area contributed by atoms with Crippen LogP contribution in [0, 0.1) is 0 Å². The largest absolute Gasteiger partial charge is 0.378 e. The van der Waals surface area contributed by atoms with Gasteiger partial charge in [-0.2, -0.15) is 0 Å². The highest BCUT2D eigenvalue weighted by Crippen LogP contribution is 2.35. The molecule has 1 aromatic carbocycles. The number of carbonyl (C=O) groups is 3. The third-order valence-corrected chi connectivity index (χ3v) is 5.35. The van der Waals surface area contributed by atoms with Gasteiger partial charge in [0.15, 0.2) is 0 Å². The van der Waals surface area contributed by atoms with Gasteiger partial charge in [0.05, 0.1) is 17.2 Å². The molecule has 3 aliphatic rings. The molecule has 0 spiro atoms. The summed E-state index contributed by atoms with van der Waals surface area (Å²) in [6.07, 6.45) is 7.42. The first kappa shape index (κ1) is 18.0. The number of hydrogen-bond acceptors (Lipinski definition) is 4. The van der Waals surface area contributed by atoms with Crippen molar-refractivity contribution in [1.29, 1.82) is 0 Å². The molecule has 27 heavy (non-hydrogen) atoms. The van der Waals surface area contributed by atoms with Crippen LogP contribution < -0.4 is 10.6 Å². The van der Waals surface area contributed by atoms with Crippen LogP contribution in [0.2, 0.25) is 0 Å². The van der Waals surface area contributed by atoms with E-state index in [2.05, 4.69) is 10.6 Å². The summed E-state index contributed by atoms with van der Waals surface area (Å²) in [7, 11) is 0. The zero-order chi connectivity index (χ0) is 18.8. The van der Waals surface area contributed by atoms with Gasteiger partial charge in [-0.1, -0.05) is 0 Å². The molecule has 2 N–H and O–H groups in total. The van der Waals surface area contributed by atoms with Crippen LogP contribution in [0.4, 0.5) is 10.5 Å². The fourth-order valence-electron chi connectivity index (χ4n) is 3.75. The van der Waals surface area contributed by atoms with Gasteiger partial charge in [0, 0.05) is 24.9 Å². The standard InChI is InChI=1S/C20H25N3O4/c24-18-16-9-6-13(12-17(16)19(25)23(18)14-7-8-14)22-20(26)21-10-2-1-4-15-5-3-11-27-15/h6,9,12,14-15H,1-5,7-8,10-11H2,(H2,21,22,26). The van der Waals surface area contributed by atoms with E-state index >= 15 is 0 Å². The van der Waals surface area contributed by atoms with Crippen molar-refractivity contribution in [2.75, 3.05) is 18.5 Å². The summed E-state index contributed by atoms with van der Waals surface area (Å²) in [6.45, 7) is 1.47. The zero-order valence-corrected chi connectivity index (χ0v) is 15.3. The summed E-state index contributed by atoms with van der Waals surface area (Å²) in [6, 6.07) is 4.62.